The fourth-order valence-corrected chi connectivity index (χ4v) is 5.66. The van der Waals surface area contributed by atoms with Gasteiger partial charge in [-0.15, -0.1) is 0 Å². The first-order valence-corrected chi connectivity index (χ1v) is 20.3. The van der Waals surface area contributed by atoms with Crippen molar-refractivity contribution < 1.29 is 42.7 Å². The summed E-state index contributed by atoms with van der Waals surface area (Å²) in [6, 6.07) is 0. The van der Waals surface area contributed by atoms with E-state index in [2.05, 4.69) is 55.7 Å². The zero-order chi connectivity index (χ0) is 35.3. The standard InChI is InChI=1S/C38H67O9P/c1-4-5-6-7-17-22-27-35-36(47-35)28-23-18-13-11-15-19-24-29-37(39)44-31-34(32-45-48(41,42)43)46-38(40)30-25-20-14-10-8-9-12-16-21-26-33(2)3/h11,15,17-18,22-23,33-36H,4-10,12-14,16,19-21,24-32H2,1-3H3,(H2,41,42,43)/b15-11-,22-17-,23-18-/t34-,35?,36?/m1/s1. The second-order valence-electron chi connectivity index (χ2n) is 13.4. The van der Waals surface area contributed by atoms with Crippen LogP contribution in [0, 0.1) is 5.92 Å². The molecular weight excluding hydrogens is 631 g/mol. The van der Waals surface area contributed by atoms with Crippen LogP contribution in [0.3, 0.4) is 0 Å². The van der Waals surface area contributed by atoms with Gasteiger partial charge in [-0.05, 0) is 57.3 Å². The smallest absolute Gasteiger partial charge is 0.462 e. The molecule has 10 heteroatoms. The van der Waals surface area contributed by atoms with Gasteiger partial charge in [0, 0.05) is 12.8 Å². The van der Waals surface area contributed by atoms with Crippen LogP contribution < -0.4 is 0 Å². The Balaban J connectivity index is 2.14. The fraction of sp³-hybridized carbons (Fsp3) is 0.789. The Morgan fingerprint density at radius 3 is 1.92 bits per heavy atom. The van der Waals surface area contributed by atoms with E-state index in [1.807, 2.05) is 6.08 Å². The van der Waals surface area contributed by atoms with Crippen molar-refractivity contribution in [1.82, 2.24) is 0 Å². The molecule has 2 N–H and O–H groups in total. The highest BCUT2D eigenvalue weighted by atomic mass is 31.2. The zero-order valence-electron chi connectivity index (χ0n) is 30.2. The van der Waals surface area contributed by atoms with Gasteiger partial charge in [0.25, 0.3) is 0 Å². The summed E-state index contributed by atoms with van der Waals surface area (Å²) >= 11 is 0. The molecule has 0 aliphatic carbocycles. The fourth-order valence-electron chi connectivity index (χ4n) is 5.30. The molecular formula is C38H67O9P. The lowest BCUT2D eigenvalue weighted by molar-refractivity contribution is -0.161. The molecule has 48 heavy (non-hydrogen) atoms. The van der Waals surface area contributed by atoms with Crippen molar-refractivity contribution in [3.63, 3.8) is 0 Å². The Hall–Kier alpha value is -1.77. The topological polar surface area (TPSA) is 132 Å². The lowest BCUT2D eigenvalue weighted by atomic mass is 10.0. The Morgan fingerprint density at radius 2 is 1.27 bits per heavy atom. The molecule has 1 aliphatic heterocycles. The Labute approximate surface area is 291 Å². The van der Waals surface area contributed by atoms with Gasteiger partial charge in [0.1, 0.15) is 6.61 Å². The minimum atomic E-state index is -4.76. The van der Waals surface area contributed by atoms with Gasteiger partial charge in [-0.25, -0.2) is 4.57 Å². The minimum absolute atomic E-state index is 0.186. The van der Waals surface area contributed by atoms with Crippen LogP contribution in [0.1, 0.15) is 156 Å². The summed E-state index contributed by atoms with van der Waals surface area (Å²) in [5.41, 5.74) is 0. The monoisotopic (exact) mass is 698 g/mol. The van der Waals surface area contributed by atoms with Crippen LogP contribution in [0.2, 0.25) is 0 Å². The predicted molar refractivity (Wildman–Crippen MR) is 192 cm³/mol. The Kier molecular flexibility index (Phi) is 26.7. The van der Waals surface area contributed by atoms with Gasteiger partial charge in [0.15, 0.2) is 6.10 Å². The number of hydrogen-bond acceptors (Lipinski definition) is 7. The van der Waals surface area contributed by atoms with Gasteiger partial charge in [-0.3, -0.25) is 14.1 Å². The number of phosphoric ester groups is 1. The first-order chi connectivity index (χ1) is 23.1. The van der Waals surface area contributed by atoms with Crippen molar-refractivity contribution >= 4 is 19.8 Å². The molecule has 1 rings (SSSR count). The van der Waals surface area contributed by atoms with E-state index in [0.717, 1.165) is 57.3 Å². The molecule has 0 saturated carbocycles. The average molecular weight is 699 g/mol. The van der Waals surface area contributed by atoms with Crippen molar-refractivity contribution in [3.8, 4) is 0 Å². The summed E-state index contributed by atoms with van der Waals surface area (Å²) in [5.74, 6) is -0.179. The van der Waals surface area contributed by atoms with Gasteiger partial charge in [-0.1, -0.05) is 128 Å². The number of phosphoric acid groups is 1. The average Bonchev–Trinajstić information content (AvgIpc) is 3.79. The van der Waals surface area contributed by atoms with Crippen molar-refractivity contribution in [2.45, 2.75) is 174 Å². The first-order valence-electron chi connectivity index (χ1n) is 18.8. The van der Waals surface area contributed by atoms with Crippen LogP contribution in [0.4, 0.5) is 0 Å². The van der Waals surface area contributed by atoms with Crippen LogP contribution in [0.25, 0.3) is 0 Å². The van der Waals surface area contributed by atoms with Crippen molar-refractivity contribution in [3.05, 3.63) is 36.5 Å². The molecule has 1 heterocycles. The third-order valence-electron chi connectivity index (χ3n) is 8.24. The maximum atomic E-state index is 12.3. The predicted octanol–water partition coefficient (Wildman–Crippen LogP) is 9.85. The molecule has 0 aromatic carbocycles. The maximum absolute atomic E-state index is 12.3. The van der Waals surface area contributed by atoms with Gasteiger partial charge in [0.2, 0.25) is 0 Å². The number of ether oxygens (including phenoxy) is 3. The summed E-state index contributed by atoms with van der Waals surface area (Å²) in [6.07, 6.45) is 33.4. The van der Waals surface area contributed by atoms with E-state index in [-0.39, 0.29) is 19.4 Å². The van der Waals surface area contributed by atoms with Gasteiger partial charge in [0.05, 0.1) is 18.8 Å². The second kappa shape index (κ2) is 29.0. The van der Waals surface area contributed by atoms with E-state index >= 15 is 0 Å². The highest BCUT2D eigenvalue weighted by Crippen LogP contribution is 2.36. The number of unbranched alkanes of at least 4 members (excludes halogenated alkanes) is 12. The molecule has 1 aliphatic rings. The Morgan fingerprint density at radius 1 is 0.708 bits per heavy atom. The van der Waals surface area contributed by atoms with Gasteiger partial charge in [-0.2, -0.15) is 0 Å². The molecule has 0 aromatic rings. The van der Waals surface area contributed by atoms with E-state index < -0.39 is 32.5 Å². The van der Waals surface area contributed by atoms with Crippen LogP contribution in [-0.2, 0) is 32.9 Å². The third-order valence-corrected chi connectivity index (χ3v) is 8.73. The van der Waals surface area contributed by atoms with E-state index in [1.54, 1.807) is 0 Å². The maximum Gasteiger partial charge on any atom is 0.469 e. The van der Waals surface area contributed by atoms with Gasteiger partial charge < -0.3 is 24.0 Å². The molecule has 0 radical (unpaired) electrons. The largest absolute Gasteiger partial charge is 0.469 e. The number of allylic oxidation sites excluding steroid dienone is 4. The summed E-state index contributed by atoms with van der Waals surface area (Å²) in [5, 5.41) is 0. The Bertz CT molecular complexity index is 956. The normalized spacial score (nSPS) is 17.2. The molecule has 0 spiro atoms. The van der Waals surface area contributed by atoms with Crippen LogP contribution in [0.15, 0.2) is 36.5 Å². The zero-order valence-corrected chi connectivity index (χ0v) is 31.1. The SMILES string of the molecule is CCCCC/C=C\CC1OC1C/C=C\C/C=C\CCCC(=O)OC[C@H](COP(=O)(O)O)OC(=O)CCCCCCCCCCCC(C)C. The number of esters is 2. The van der Waals surface area contributed by atoms with E-state index in [0.29, 0.717) is 25.0 Å². The summed E-state index contributed by atoms with van der Waals surface area (Å²) in [6.45, 7) is 5.87. The minimum Gasteiger partial charge on any atom is -0.462 e. The number of rotatable bonds is 32. The van der Waals surface area contributed by atoms with Crippen molar-refractivity contribution in [2.24, 2.45) is 5.92 Å². The lowest BCUT2D eigenvalue weighted by Gasteiger charge is -2.18. The van der Waals surface area contributed by atoms with E-state index in [1.165, 1.54) is 57.8 Å². The van der Waals surface area contributed by atoms with Crippen molar-refractivity contribution in [1.29, 1.82) is 0 Å². The molecule has 1 saturated heterocycles. The quantitative estimate of drug-likeness (QED) is 0.0232. The third kappa shape index (κ3) is 29.2. The molecule has 0 bridgehead atoms. The molecule has 0 amide bonds. The number of carbonyl (C=O) groups is 2. The molecule has 278 valence electrons. The highest BCUT2D eigenvalue weighted by Gasteiger charge is 2.36. The molecule has 1 fully saturated rings. The molecule has 2 unspecified atom stereocenters. The first kappa shape index (κ1) is 44.3. The number of carbonyl (C=O) groups excluding carboxylic acids is 2. The molecule has 3 atom stereocenters. The van der Waals surface area contributed by atoms with E-state index in [4.69, 9.17) is 24.0 Å². The second-order valence-corrected chi connectivity index (χ2v) is 14.7. The molecule has 9 nitrogen and oxygen atoms in total. The van der Waals surface area contributed by atoms with Crippen LogP contribution in [0.5, 0.6) is 0 Å². The summed E-state index contributed by atoms with van der Waals surface area (Å²) in [7, 11) is -4.76. The van der Waals surface area contributed by atoms with Crippen LogP contribution >= 0.6 is 7.82 Å². The van der Waals surface area contributed by atoms with Gasteiger partial charge >= 0.3 is 19.8 Å². The van der Waals surface area contributed by atoms with E-state index in [9.17, 15) is 14.2 Å². The molecule has 0 aromatic heterocycles. The number of hydrogen-bond donors (Lipinski definition) is 2. The highest BCUT2D eigenvalue weighted by molar-refractivity contribution is 7.46. The summed E-state index contributed by atoms with van der Waals surface area (Å²) in [4.78, 5) is 42.7. The van der Waals surface area contributed by atoms with Crippen molar-refractivity contribution in [2.75, 3.05) is 13.2 Å². The summed E-state index contributed by atoms with van der Waals surface area (Å²) < 4.78 is 32.0. The lowest BCUT2D eigenvalue weighted by Crippen LogP contribution is -2.29. The van der Waals surface area contributed by atoms with Crippen LogP contribution in [-0.4, -0.2) is 53.3 Å². The number of epoxide rings is 1.